The topological polar surface area (TPSA) is 44.3 Å². The van der Waals surface area contributed by atoms with Crippen molar-refractivity contribution in [2.24, 2.45) is 5.92 Å². The molecule has 5 heteroatoms. The van der Waals surface area contributed by atoms with Crippen LogP contribution < -0.4 is 10.2 Å². The highest BCUT2D eigenvalue weighted by Gasteiger charge is 2.23. The van der Waals surface area contributed by atoms with E-state index < -0.39 is 0 Å². The number of hydrogen-bond donors (Lipinski definition) is 1. The maximum atomic E-state index is 4.51. The molecule has 0 radical (unpaired) electrons. The predicted octanol–water partition coefficient (Wildman–Crippen LogP) is 1.51. The summed E-state index contributed by atoms with van der Waals surface area (Å²) in [4.78, 5) is 14.0. The van der Waals surface area contributed by atoms with Gasteiger partial charge in [0.25, 0.3) is 0 Å². The third-order valence-corrected chi connectivity index (χ3v) is 4.69. The van der Waals surface area contributed by atoms with Gasteiger partial charge >= 0.3 is 0 Å². The Kier molecular flexibility index (Phi) is 5.04. The highest BCUT2D eigenvalue weighted by Crippen LogP contribution is 2.22. The Bertz CT molecular complexity index is 419. The first-order chi connectivity index (χ1) is 10.3. The molecule has 1 aromatic rings. The van der Waals surface area contributed by atoms with E-state index in [2.05, 4.69) is 25.1 Å². The Balaban J connectivity index is 1.48. The Morgan fingerprint density at radius 3 is 2.38 bits per heavy atom. The number of anilines is 1. The van der Waals surface area contributed by atoms with Crippen LogP contribution in [0, 0.1) is 5.92 Å². The van der Waals surface area contributed by atoms with Gasteiger partial charge in [0.2, 0.25) is 5.95 Å². The molecule has 0 bridgehead atoms. The molecule has 2 aliphatic rings. The maximum Gasteiger partial charge on any atom is 0.225 e. The molecule has 1 N–H and O–H groups in total. The van der Waals surface area contributed by atoms with E-state index in [1.807, 2.05) is 19.4 Å². The van der Waals surface area contributed by atoms with Crippen molar-refractivity contribution >= 4 is 5.95 Å². The van der Waals surface area contributed by atoms with Crippen LogP contribution in [0.1, 0.15) is 31.2 Å². The zero-order chi connectivity index (χ0) is 14.5. The van der Waals surface area contributed by atoms with Crippen LogP contribution in [0.2, 0.25) is 0 Å². The second kappa shape index (κ2) is 7.18. The predicted molar refractivity (Wildman–Crippen MR) is 85.4 cm³/mol. The fourth-order valence-corrected chi connectivity index (χ4v) is 3.45. The lowest BCUT2D eigenvalue weighted by Gasteiger charge is -2.33. The smallest absolute Gasteiger partial charge is 0.225 e. The largest absolute Gasteiger partial charge is 0.341 e. The maximum absolute atomic E-state index is 4.51. The first-order valence-electron chi connectivity index (χ1n) is 8.28. The molecule has 0 atom stereocenters. The van der Waals surface area contributed by atoms with E-state index >= 15 is 0 Å². The number of rotatable bonds is 5. The number of likely N-dealkylation sites (tertiary alicyclic amines) is 1. The van der Waals surface area contributed by atoms with Crippen LogP contribution in [0.15, 0.2) is 12.4 Å². The number of nitrogens with zero attached hydrogens (tertiary/aromatic N) is 4. The molecule has 3 rings (SSSR count). The standard InChI is InChI=1S/C16H27N5/c1-17-10-15-11-18-16(19-12-15)21-8-4-14(5-9-21)13-20-6-2-3-7-20/h11-12,14,17H,2-10,13H2,1H3. The van der Waals surface area contributed by atoms with Crippen LogP contribution in [0.3, 0.4) is 0 Å². The highest BCUT2D eigenvalue weighted by molar-refractivity contribution is 5.30. The molecule has 116 valence electrons. The average molecular weight is 289 g/mol. The molecule has 0 amide bonds. The van der Waals surface area contributed by atoms with E-state index in [1.54, 1.807) is 0 Å². The quantitative estimate of drug-likeness (QED) is 0.890. The lowest BCUT2D eigenvalue weighted by molar-refractivity contribution is 0.249. The third kappa shape index (κ3) is 3.92. The van der Waals surface area contributed by atoms with E-state index in [0.29, 0.717) is 0 Å². The lowest BCUT2D eigenvalue weighted by atomic mass is 9.96. The van der Waals surface area contributed by atoms with Crippen LogP contribution in [0.4, 0.5) is 5.95 Å². The van der Waals surface area contributed by atoms with Gasteiger partial charge < -0.3 is 15.1 Å². The van der Waals surface area contributed by atoms with Crippen LogP contribution in [0.5, 0.6) is 0 Å². The summed E-state index contributed by atoms with van der Waals surface area (Å²) in [6, 6.07) is 0. The summed E-state index contributed by atoms with van der Waals surface area (Å²) in [6.07, 6.45) is 9.22. The summed E-state index contributed by atoms with van der Waals surface area (Å²) in [5, 5.41) is 3.12. The molecule has 0 aliphatic carbocycles. The summed E-state index contributed by atoms with van der Waals surface area (Å²) >= 11 is 0. The van der Waals surface area contributed by atoms with Crippen molar-refractivity contribution in [3.63, 3.8) is 0 Å². The van der Waals surface area contributed by atoms with Crippen molar-refractivity contribution < 1.29 is 0 Å². The molecule has 0 unspecified atom stereocenters. The second-order valence-corrected chi connectivity index (χ2v) is 6.36. The number of hydrogen-bond acceptors (Lipinski definition) is 5. The molecule has 21 heavy (non-hydrogen) atoms. The number of piperidine rings is 1. The molecular weight excluding hydrogens is 262 g/mol. The van der Waals surface area contributed by atoms with Gasteiger partial charge in [-0.15, -0.1) is 0 Å². The first-order valence-corrected chi connectivity index (χ1v) is 8.28. The molecule has 0 aromatic carbocycles. The van der Waals surface area contributed by atoms with E-state index in [0.717, 1.165) is 37.1 Å². The van der Waals surface area contributed by atoms with Gasteiger partial charge in [-0.25, -0.2) is 9.97 Å². The summed E-state index contributed by atoms with van der Waals surface area (Å²) < 4.78 is 0. The van der Waals surface area contributed by atoms with Gasteiger partial charge in [-0.1, -0.05) is 0 Å². The van der Waals surface area contributed by atoms with Gasteiger partial charge in [-0.05, 0) is 51.7 Å². The third-order valence-electron chi connectivity index (χ3n) is 4.69. The van der Waals surface area contributed by atoms with Crippen molar-refractivity contribution in [2.45, 2.75) is 32.2 Å². The van der Waals surface area contributed by atoms with Gasteiger partial charge in [-0.3, -0.25) is 0 Å². The molecule has 2 saturated heterocycles. The molecule has 0 spiro atoms. The Labute approximate surface area is 127 Å². The van der Waals surface area contributed by atoms with Crippen LogP contribution in [-0.4, -0.2) is 54.6 Å². The number of nitrogens with one attached hydrogen (secondary N) is 1. The summed E-state index contributed by atoms with van der Waals surface area (Å²) in [6.45, 7) is 6.97. The van der Waals surface area contributed by atoms with Crippen molar-refractivity contribution in [2.75, 3.05) is 44.7 Å². The van der Waals surface area contributed by atoms with Gasteiger partial charge in [0.1, 0.15) is 0 Å². The van der Waals surface area contributed by atoms with Crippen LogP contribution in [0.25, 0.3) is 0 Å². The molecule has 0 saturated carbocycles. The summed E-state index contributed by atoms with van der Waals surface area (Å²) in [7, 11) is 1.94. The summed E-state index contributed by atoms with van der Waals surface area (Å²) in [5.41, 5.74) is 1.14. The normalized spacial score (nSPS) is 21.1. The van der Waals surface area contributed by atoms with E-state index in [9.17, 15) is 0 Å². The SMILES string of the molecule is CNCc1cnc(N2CCC(CN3CCCC3)CC2)nc1. The van der Waals surface area contributed by atoms with Crippen molar-refractivity contribution in [3.8, 4) is 0 Å². The second-order valence-electron chi connectivity index (χ2n) is 6.36. The molecular formula is C16H27N5. The highest BCUT2D eigenvalue weighted by atomic mass is 15.3. The fraction of sp³-hybridized carbons (Fsp3) is 0.750. The summed E-state index contributed by atoms with van der Waals surface area (Å²) in [5.74, 6) is 1.76. The fourth-order valence-electron chi connectivity index (χ4n) is 3.45. The number of aromatic nitrogens is 2. The first kappa shape index (κ1) is 14.7. The van der Waals surface area contributed by atoms with Gasteiger partial charge in [0, 0.05) is 44.1 Å². The molecule has 1 aromatic heterocycles. The van der Waals surface area contributed by atoms with E-state index in [-0.39, 0.29) is 0 Å². The van der Waals surface area contributed by atoms with E-state index in [4.69, 9.17) is 0 Å². The minimum atomic E-state index is 0.832. The van der Waals surface area contributed by atoms with Crippen molar-refractivity contribution in [1.82, 2.24) is 20.2 Å². The monoisotopic (exact) mass is 289 g/mol. The van der Waals surface area contributed by atoms with E-state index in [1.165, 1.54) is 45.3 Å². The minimum absolute atomic E-state index is 0.832. The zero-order valence-corrected chi connectivity index (χ0v) is 13.1. The average Bonchev–Trinajstić information content (AvgIpc) is 3.02. The van der Waals surface area contributed by atoms with Crippen LogP contribution >= 0.6 is 0 Å². The Morgan fingerprint density at radius 1 is 1.10 bits per heavy atom. The van der Waals surface area contributed by atoms with Crippen LogP contribution in [-0.2, 0) is 6.54 Å². The van der Waals surface area contributed by atoms with Crippen molar-refractivity contribution in [3.05, 3.63) is 18.0 Å². The molecule has 3 heterocycles. The molecule has 2 aliphatic heterocycles. The minimum Gasteiger partial charge on any atom is -0.341 e. The molecule has 2 fully saturated rings. The Morgan fingerprint density at radius 2 is 1.76 bits per heavy atom. The van der Waals surface area contributed by atoms with Crippen molar-refractivity contribution in [1.29, 1.82) is 0 Å². The van der Waals surface area contributed by atoms with Gasteiger partial charge in [-0.2, -0.15) is 0 Å². The van der Waals surface area contributed by atoms with Gasteiger partial charge in [0.05, 0.1) is 0 Å². The lowest BCUT2D eigenvalue weighted by Crippen LogP contribution is -2.38. The molecule has 5 nitrogen and oxygen atoms in total. The van der Waals surface area contributed by atoms with Gasteiger partial charge in [0.15, 0.2) is 0 Å². The zero-order valence-electron chi connectivity index (χ0n) is 13.1. The Hall–Kier alpha value is -1.20.